The van der Waals surface area contributed by atoms with Crippen LogP contribution in [0.1, 0.15) is 24.8 Å². The van der Waals surface area contributed by atoms with E-state index < -0.39 is 15.9 Å². The van der Waals surface area contributed by atoms with Gasteiger partial charge in [0.25, 0.3) is 0 Å². The average molecular weight is 322 g/mol. The molecule has 0 aliphatic carbocycles. The Morgan fingerprint density at radius 1 is 1.27 bits per heavy atom. The monoisotopic (exact) mass is 322 g/mol. The zero-order valence-electron chi connectivity index (χ0n) is 12.3. The number of nitrogens with one attached hydrogen (secondary N) is 2. The van der Waals surface area contributed by atoms with Gasteiger partial charge in [0.2, 0.25) is 15.9 Å². The van der Waals surface area contributed by atoms with Crippen LogP contribution in [0.4, 0.5) is 5.69 Å². The largest absolute Gasteiger partial charge is 0.289 e. The van der Waals surface area contributed by atoms with Gasteiger partial charge >= 0.3 is 0 Å². The molecule has 0 saturated carbocycles. The number of benzene rings is 2. The molecule has 0 heterocycles. The fraction of sp³-hybridized carbons (Fsp3) is 0.267. The van der Waals surface area contributed by atoms with Gasteiger partial charge in [-0.25, -0.2) is 13.9 Å². The van der Waals surface area contributed by atoms with Crippen LogP contribution in [0.25, 0.3) is 10.8 Å². The fourth-order valence-electron chi connectivity index (χ4n) is 2.33. The molecule has 7 heteroatoms. The standard InChI is InChI=1S/C15H18N2O4S/c1-10(8-15(18)16-19)12-7-6-11-4-3-5-14(13(11)9-12)17-22(2,20)21/h3-7,9-10,17,19H,8H2,1-2H3,(H,16,18). The molecular formula is C15H18N2O4S. The Bertz CT molecular complexity index is 802. The van der Waals surface area contributed by atoms with Gasteiger partial charge in [-0.1, -0.05) is 31.2 Å². The normalized spacial score (nSPS) is 12.9. The molecule has 0 aliphatic heterocycles. The number of fused-ring (bicyclic) bond motifs is 1. The smallest absolute Gasteiger partial charge is 0.243 e. The highest BCUT2D eigenvalue weighted by molar-refractivity contribution is 7.92. The lowest BCUT2D eigenvalue weighted by atomic mass is 9.94. The molecule has 0 fully saturated rings. The number of anilines is 1. The highest BCUT2D eigenvalue weighted by Gasteiger charge is 2.13. The SMILES string of the molecule is CC(CC(=O)NO)c1ccc2cccc(NS(C)(=O)=O)c2c1. The number of hydroxylamine groups is 1. The van der Waals surface area contributed by atoms with E-state index in [-0.39, 0.29) is 12.3 Å². The van der Waals surface area contributed by atoms with Gasteiger partial charge in [-0.3, -0.25) is 14.7 Å². The van der Waals surface area contributed by atoms with Crippen molar-refractivity contribution in [3.63, 3.8) is 0 Å². The Kier molecular flexibility index (Phi) is 4.68. The molecule has 3 N–H and O–H groups in total. The predicted molar refractivity (Wildman–Crippen MR) is 85.4 cm³/mol. The van der Waals surface area contributed by atoms with E-state index in [2.05, 4.69) is 4.72 Å². The van der Waals surface area contributed by atoms with Crippen LogP contribution < -0.4 is 10.2 Å². The number of sulfonamides is 1. The highest BCUT2D eigenvalue weighted by Crippen LogP contribution is 2.29. The molecule has 0 bridgehead atoms. The van der Waals surface area contributed by atoms with E-state index in [1.54, 1.807) is 17.6 Å². The van der Waals surface area contributed by atoms with Gasteiger partial charge in [-0.05, 0) is 29.0 Å². The first kappa shape index (κ1) is 16.3. The number of carbonyl (C=O) groups is 1. The van der Waals surface area contributed by atoms with Crippen LogP contribution in [0, 0.1) is 0 Å². The Hall–Kier alpha value is -2.12. The minimum absolute atomic E-state index is 0.108. The minimum Gasteiger partial charge on any atom is -0.289 e. The number of carbonyl (C=O) groups excluding carboxylic acids is 1. The van der Waals surface area contributed by atoms with Crippen LogP contribution in [0.3, 0.4) is 0 Å². The Balaban J connectivity index is 2.43. The molecule has 0 aromatic heterocycles. The summed E-state index contributed by atoms with van der Waals surface area (Å²) in [4.78, 5) is 11.3. The van der Waals surface area contributed by atoms with Gasteiger partial charge in [-0.15, -0.1) is 0 Å². The predicted octanol–water partition coefficient (Wildman–Crippen LogP) is 2.21. The van der Waals surface area contributed by atoms with Gasteiger partial charge in [0, 0.05) is 11.8 Å². The molecule has 0 aliphatic rings. The molecule has 1 atom stereocenters. The van der Waals surface area contributed by atoms with Gasteiger partial charge in [0.05, 0.1) is 11.9 Å². The van der Waals surface area contributed by atoms with Crippen LogP contribution in [0.5, 0.6) is 0 Å². The molecular weight excluding hydrogens is 304 g/mol. The Morgan fingerprint density at radius 3 is 2.64 bits per heavy atom. The first-order chi connectivity index (χ1) is 10.3. The molecule has 22 heavy (non-hydrogen) atoms. The number of rotatable bonds is 5. The minimum atomic E-state index is -3.37. The number of amides is 1. The summed E-state index contributed by atoms with van der Waals surface area (Å²) >= 11 is 0. The lowest BCUT2D eigenvalue weighted by molar-refractivity contribution is -0.129. The van der Waals surface area contributed by atoms with Crippen molar-refractivity contribution in [3.05, 3.63) is 42.0 Å². The summed E-state index contributed by atoms with van der Waals surface area (Å²) < 4.78 is 25.4. The van der Waals surface area contributed by atoms with E-state index in [1.165, 1.54) is 0 Å². The number of hydrogen-bond acceptors (Lipinski definition) is 4. The molecule has 118 valence electrons. The summed E-state index contributed by atoms with van der Waals surface area (Å²) in [5.41, 5.74) is 3.00. The summed E-state index contributed by atoms with van der Waals surface area (Å²) in [5, 5.41) is 10.3. The van der Waals surface area contributed by atoms with Gasteiger partial charge < -0.3 is 0 Å². The van der Waals surface area contributed by atoms with E-state index in [4.69, 9.17) is 5.21 Å². The second-order valence-corrected chi connectivity index (χ2v) is 7.05. The summed E-state index contributed by atoms with van der Waals surface area (Å²) in [6.45, 7) is 1.86. The zero-order chi connectivity index (χ0) is 16.3. The van der Waals surface area contributed by atoms with Gasteiger partial charge in [0.1, 0.15) is 0 Å². The molecule has 2 rings (SSSR count). The summed E-state index contributed by atoms with van der Waals surface area (Å²) in [7, 11) is -3.37. The molecule has 1 unspecified atom stereocenters. The molecule has 0 radical (unpaired) electrons. The Morgan fingerprint density at radius 2 is 2.00 bits per heavy atom. The lowest BCUT2D eigenvalue weighted by Gasteiger charge is -2.14. The van der Waals surface area contributed by atoms with E-state index in [0.717, 1.165) is 22.6 Å². The average Bonchev–Trinajstić information content (AvgIpc) is 2.45. The molecule has 1 amide bonds. The van der Waals surface area contributed by atoms with Crippen molar-refractivity contribution in [2.45, 2.75) is 19.3 Å². The Labute approximate surface area is 129 Å². The van der Waals surface area contributed by atoms with Gasteiger partial charge in [0.15, 0.2) is 0 Å². The third-order valence-corrected chi connectivity index (χ3v) is 3.98. The van der Waals surface area contributed by atoms with Crippen LogP contribution in [0.15, 0.2) is 36.4 Å². The summed E-state index contributed by atoms with van der Waals surface area (Å²) in [6, 6.07) is 11.0. The zero-order valence-corrected chi connectivity index (χ0v) is 13.1. The lowest BCUT2D eigenvalue weighted by Crippen LogP contribution is -2.20. The topological polar surface area (TPSA) is 95.5 Å². The quantitative estimate of drug-likeness (QED) is 0.581. The van der Waals surface area contributed by atoms with Gasteiger partial charge in [-0.2, -0.15) is 0 Å². The fourth-order valence-corrected chi connectivity index (χ4v) is 2.90. The van der Waals surface area contributed by atoms with Crippen molar-refractivity contribution in [2.75, 3.05) is 11.0 Å². The third kappa shape index (κ3) is 3.96. The first-order valence-electron chi connectivity index (χ1n) is 6.73. The maximum absolute atomic E-state index is 11.5. The van der Waals surface area contributed by atoms with E-state index in [1.807, 2.05) is 31.2 Å². The molecule has 2 aromatic rings. The van der Waals surface area contributed by atoms with E-state index in [0.29, 0.717) is 5.69 Å². The molecule has 0 saturated heterocycles. The van der Waals surface area contributed by atoms with Crippen molar-refractivity contribution < 1.29 is 18.4 Å². The van der Waals surface area contributed by atoms with Crippen molar-refractivity contribution in [1.82, 2.24) is 5.48 Å². The van der Waals surface area contributed by atoms with Crippen LogP contribution in [-0.4, -0.2) is 25.8 Å². The summed E-state index contributed by atoms with van der Waals surface area (Å²) in [6.07, 6.45) is 1.24. The van der Waals surface area contributed by atoms with Crippen LogP contribution in [-0.2, 0) is 14.8 Å². The van der Waals surface area contributed by atoms with Crippen molar-refractivity contribution in [2.24, 2.45) is 0 Å². The van der Waals surface area contributed by atoms with Crippen LogP contribution in [0.2, 0.25) is 0 Å². The van der Waals surface area contributed by atoms with Crippen molar-refractivity contribution in [3.8, 4) is 0 Å². The van der Waals surface area contributed by atoms with Crippen molar-refractivity contribution in [1.29, 1.82) is 0 Å². The van der Waals surface area contributed by atoms with Crippen molar-refractivity contribution >= 4 is 32.4 Å². The number of hydrogen-bond donors (Lipinski definition) is 3. The van der Waals surface area contributed by atoms with E-state index in [9.17, 15) is 13.2 Å². The summed E-state index contributed by atoms with van der Waals surface area (Å²) in [5.74, 6) is -0.571. The maximum Gasteiger partial charge on any atom is 0.243 e. The first-order valence-corrected chi connectivity index (χ1v) is 8.62. The maximum atomic E-state index is 11.5. The van der Waals surface area contributed by atoms with E-state index >= 15 is 0 Å². The second-order valence-electron chi connectivity index (χ2n) is 5.30. The highest BCUT2D eigenvalue weighted by atomic mass is 32.2. The third-order valence-electron chi connectivity index (χ3n) is 3.39. The van der Waals surface area contributed by atoms with Crippen LogP contribution >= 0.6 is 0 Å². The second kappa shape index (κ2) is 6.33. The molecule has 6 nitrogen and oxygen atoms in total. The molecule has 2 aromatic carbocycles. The molecule has 0 spiro atoms.